The maximum Gasteiger partial charge on any atom is 0.176 e. The summed E-state index contributed by atoms with van der Waals surface area (Å²) in [5.74, 6) is 2.35. The number of furan rings is 1. The highest BCUT2D eigenvalue weighted by molar-refractivity contribution is 5.83. The molecule has 0 amide bonds. The molecule has 1 heterocycles. The zero-order valence-corrected chi connectivity index (χ0v) is 10.1. The quantitative estimate of drug-likeness (QED) is 0.761. The third kappa shape index (κ3) is 1.92. The highest BCUT2D eigenvalue weighted by Crippen LogP contribution is 2.32. The Bertz CT molecular complexity index is 471. The van der Waals surface area contributed by atoms with E-state index in [9.17, 15) is 0 Å². The molecule has 0 spiro atoms. The van der Waals surface area contributed by atoms with Gasteiger partial charge < -0.3 is 9.15 Å². The number of hydrogen-bond donors (Lipinski definition) is 0. The van der Waals surface area contributed by atoms with Crippen LogP contribution in [-0.4, -0.2) is 6.61 Å². The number of fused-ring (bicyclic) bond motifs is 1. The molecule has 1 aromatic heterocycles. The lowest BCUT2D eigenvalue weighted by Gasteiger charge is -2.04. The Balaban J connectivity index is 2.48. The van der Waals surface area contributed by atoms with Crippen LogP contribution in [-0.2, 0) is 0 Å². The molecule has 0 N–H and O–H groups in total. The minimum atomic E-state index is 0.460. The fourth-order valence-electron chi connectivity index (χ4n) is 1.77. The minimum Gasteiger partial charge on any atom is -0.490 e. The standard InChI is InChI=1S/C14H18O2/c1-4-10(3)13-9-11-7-6-8-12(15-5-2)14(11)16-13/h6-10H,4-5H2,1-3H3. The van der Waals surface area contributed by atoms with Crippen molar-refractivity contribution in [2.75, 3.05) is 6.61 Å². The molecule has 0 bridgehead atoms. The SMILES string of the molecule is CCOc1cccc2cc(C(C)CC)oc12. The van der Waals surface area contributed by atoms with Gasteiger partial charge in [-0.25, -0.2) is 0 Å². The van der Waals surface area contributed by atoms with Crippen molar-refractivity contribution in [3.05, 3.63) is 30.0 Å². The molecule has 0 radical (unpaired) electrons. The van der Waals surface area contributed by atoms with E-state index in [-0.39, 0.29) is 0 Å². The summed E-state index contributed by atoms with van der Waals surface area (Å²) in [5, 5.41) is 1.13. The number of para-hydroxylation sites is 1. The van der Waals surface area contributed by atoms with E-state index in [2.05, 4.69) is 26.0 Å². The molecule has 1 aromatic carbocycles. The smallest absolute Gasteiger partial charge is 0.176 e. The van der Waals surface area contributed by atoms with Gasteiger partial charge >= 0.3 is 0 Å². The van der Waals surface area contributed by atoms with Crippen molar-refractivity contribution in [2.45, 2.75) is 33.1 Å². The first-order valence-electron chi connectivity index (χ1n) is 5.91. The van der Waals surface area contributed by atoms with Gasteiger partial charge in [0.2, 0.25) is 0 Å². The van der Waals surface area contributed by atoms with Crippen LogP contribution in [0.25, 0.3) is 11.0 Å². The molecule has 2 nitrogen and oxygen atoms in total. The molecule has 0 aliphatic heterocycles. The summed E-state index contributed by atoms with van der Waals surface area (Å²) >= 11 is 0. The van der Waals surface area contributed by atoms with Crippen LogP contribution in [0.15, 0.2) is 28.7 Å². The molecule has 1 atom stereocenters. The molecule has 0 saturated heterocycles. The normalized spacial score (nSPS) is 12.9. The van der Waals surface area contributed by atoms with Gasteiger partial charge in [-0.3, -0.25) is 0 Å². The molecular weight excluding hydrogens is 200 g/mol. The van der Waals surface area contributed by atoms with E-state index in [4.69, 9.17) is 9.15 Å². The highest BCUT2D eigenvalue weighted by Gasteiger charge is 2.12. The Labute approximate surface area is 96.2 Å². The van der Waals surface area contributed by atoms with Crippen molar-refractivity contribution in [3.63, 3.8) is 0 Å². The first kappa shape index (κ1) is 11.1. The van der Waals surface area contributed by atoms with Crippen molar-refractivity contribution in [3.8, 4) is 5.75 Å². The predicted molar refractivity (Wildman–Crippen MR) is 66.1 cm³/mol. The first-order chi connectivity index (χ1) is 7.76. The van der Waals surface area contributed by atoms with Gasteiger partial charge in [0, 0.05) is 11.3 Å². The van der Waals surface area contributed by atoms with Crippen LogP contribution < -0.4 is 4.74 Å². The topological polar surface area (TPSA) is 22.4 Å². The van der Waals surface area contributed by atoms with E-state index in [0.717, 1.165) is 28.9 Å². The second kappa shape index (κ2) is 4.60. The zero-order chi connectivity index (χ0) is 11.5. The largest absolute Gasteiger partial charge is 0.490 e. The maximum absolute atomic E-state index is 5.88. The lowest BCUT2D eigenvalue weighted by molar-refractivity contribution is 0.337. The molecule has 0 fully saturated rings. The lowest BCUT2D eigenvalue weighted by atomic mass is 10.1. The van der Waals surface area contributed by atoms with Gasteiger partial charge in [0.05, 0.1) is 6.61 Å². The summed E-state index contributed by atoms with van der Waals surface area (Å²) < 4.78 is 11.4. The minimum absolute atomic E-state index is 0.460. The predicted octanol–water partition coefficient (Wildman–Crippen LogP) is 4.35. The van der Waals surface area contributed by atoms with E-state index >= 15 is 0 Å². The van der Waals surface area contributed by atoms with Crippen LogP contribution in [0.1, 0.15) is 38.9 Å². The Hall–Kier alpha value is -1.44. The van der Waals surface area contributed by atoms with E-state index < -0.39 is 0 Å². The average molecular weight is 218 g/mol. The molecule has 0 aliphatic carbocycles. The molecule has 2 aromatic rings. The fraction of sp³-hybridized carbons (Fsp3) is 0.429. The fourth-order valence-corrected chi connectivity index (χ4v) is 1.77. The lowest BCUT2D eigenvalue weighted by Crippen LogP contribution is -1.90. The Morgan fingerprint density at radius 2 is 2.12 bits per heavy atom. The number of rotatable bonds is 4. The van der Waals surface area contributed by atoms with Crippen LogP contribution in [0.2, 0.25) is 0 Å². The number of benzene rings is 1. The molecule has 2 rings (SSSR count). The third-order valence-electron chi connectivity index (χ3n) is 2.92. The van der Waals surface area contributed by atoms with Crippen molar-refractivity contribution < 1.29 is 9.15 Å². The average Bonchev–Trinajstić information content (AvgIpc) is 2.73. The summed E-state index contributed by atoms with van der Waals surface area (Å²) in [7, 11) is 0. The molecule has 0 saturated carbocycles. The molecule has 0 aliphatic rings. The van der Waals surface area contributed by atoms with E-state index in [1.54, 1.807) is 0 Å². The van der Waals surface area contributed by atoms with Crippen molar-refractivity contribution in [2.24, 2.45) is 0 Å². The van der Waals surface area contributed by atoms with Crippen molar-refractivity contribution >= 4 is 11.0 Å². The van der Waals surface area contributed by atoms with Gasteiger partial charge in [-0.2, -0.15) is 0 Å². The summed E-state index contributed by atoms with van der Waals surface area (Å²) in [6, 6.07) is 8.14. The molecule has 2 heteroatoms. The number of hydrogen-bond acceptors (Lipinski definition) is 2. The Kier molecular flexibility index (Phi) is 3.18. The van der Waals surface area contributed by atoms with Gasteiger partial charge in [0.25, 0.3) is 0 Å². The van der Waals surface area contributed by atoms with E-state index in [1.807, 2.05) is 19.1 Å². The van der Waals surface area contributed by atoms with Gasteiger partial charge in [-0.05, 0) is 25.5 Å². The summed E-state index contributed by atoms with van der Waals surface area (Å²) in [6.07, 6.45) is 1.09. The second-order valence-electron chi connectivity index (χ2n) is 4.07. The van der Waals surface area contributed by atoms with Gasteiger partial charge in [-0.1, -0.05) is 26.0 Å². The van der Waals surface area contributed by atoms with Crippen LogP contribution in [0, 0.1) is 0 Å². The van der Waals surface area contributed by atoms with Crippen molar-refractivity contribution in [1.29, 1.82) is 0 Å². The summed E-state index contributed by atoms with van der Waals surface area (Å²) in [6.45, 7) is 7.00. The zero-order valence-electron chi connectivity index (χ0n) is 10.1. The van der Waals surface area contributed by atoms with E-state index in [1.165, 1.54) is 0 Å². The van der Waals surface area contributed by atoms with Crippen LogP contribution in [0.3, 0.4) is 0 Å². The van der Waals surface area contributed by atoms with Crippen LogP contribution in [0.4, 0.5) is 0 Å². The van der Waals surface area contributed by atoms with Gasteiger partial charge in [0.1, 0.15) is 5.76 Å². The second-order valence-corrected chi connectivity index (χ2v) is 4.07. The summed E-state index contributed by atoms with van der Waals surface area (Å²) in [5.41, 5.74) is 0.875. The van der Waals surface area contributed by atoms with Crippen LogP contribution >= 0.6 is 0 Å². The molecule has 1 unspecified atom stereocenters. The number of ether oxygens (including phenoxy) is 1. The van der Waals surface area contributed by atoms with Gasteiger partial charge in [0.15, 0.2) is 11.3 Å². The Morgan fingerprint density at radius 3 is 2.81 bits per heavy atom. The molecule has 16 heavy (non-hydrogen) atoms. The Morgan fingerprint density at radius 1 is 1.31 bits per heavy atom. The maximum atomic E-state index is 5.88. The monoisotopic (exact) mass is 218 g/mol. The van der Waals surface area contributed by atoms with Crippen molar-refractivity contribution in [1.82, 2.24) is 0 Å². The van der Waals surface area contributed by atoms with Gasteiger partial charge in [-0.15, -0.1) is 0 Å². The third-order valence-corrected chi connectivity index (χ3v) is 2.92. The summed E-state index contributed by atoms with van der Waals surface area (Å²) in [4.78, 5) is 0. The van der Waals surface area contributed by atoms with E-state index in [0.29, 0.717) is 12.5 Å². The molecular formula is C14H18O2. The van der Waals surface area contributed by atoms with Crippen LogP contribution in [0.5, 0.6) is 5.75 Å². The molecule has 86 valence electrons. The first-order valence-corrected chi connectivity index (χ1v) is 5.91. The highest BCUT2D eigenvalue weighted by atomic mass is 16.5.